The summed E-state index contributed by atoms with van der Waals surface area (Å²) in [5, 5.41) is 11.7. The van der Waals surface area contributed by atoms with Gasteiger partial charge in [0.2, 0.25) is 5.91 Å². The molecular formula is C16H16ClN2O4-. The molecule has 2 bridgehead atoms. The maximum Gasteiger partial charge on any atom is 0.269 e. The van der Waals surface area contributed by atoms with Crippen molar-refractivity contribution in [1.82, 2.24) is 10.9 Å². The third-order valence-corrected chi connectivity index (χ3v) is 5.11. The van der Waals surface area contributed by atoms with Gasteiger partial charge in [-0.05, 0) is 49.3 Å². The number of hydrazine groups is 1. The maximum atomic E-state index is 12.3. The van der Waals surface area contributed by atoms with E-state index in [2.05, 4.69) is 10.9 Å². The van der Waals surface area contributed by atoms with Crippen LogP contribution in [0.2, 0.25) is 5.02 Å². The summed E-state index contributed by atoms with van der Waals surface area (Å²) in [7, 11) is 0. The molecule has 1 aromatic rings. The van der Waals surface area contributed by atoms with Gasteiger partial charge in [0.25, 0.3) is 5.91 Å². The molecule has 122 valence electrons. The van der Waals surface area contributed by atoms with Crippen molar-refractivity contribution in [2.75, 3.05) is 0 Å². The summed E-state index contributed by atoms with van der Waals surface area (Å²) in [6, 6.07) is 6.30. The first-order valence-corrected chi connectivity index (χ1v) is 7.92. The van der Waals surface area contributed by atoms with E-state index >= 15 is 0 Å². The maximum absolute atomic E-state index is 12.3. The normalized spacial score (nSPS) is 28.4. The van der Waals surface area contributed by atoms with Crippen molar-refractivity contribution in [3.05, 3.63) is 34.9 Å². The second-order valence-corrected chi connectivity index (χ2v) is 6.59. The van der Waals surface area contributed by atoms with Crippen molar-refractivity contribution < 1.29 is 19.5 Å². The number of amides is 2. The van der Waals surface area contributed by atoms with E-state index in [0.717, 1.165) is 19.3 Å². The minimum Gasteiger partial charge on any atom is -0.550 e. The predicted molar refractivity (Wildman–Crippen MR) is 79.9 cm³/mol. The molecular weight excluding hydrogens is 320 g/mol. The van der Waals surface area contributed by atoms with Crippen LogP contribution in [0.5, 0.6) is 0 Å². The molecule has 0 aromatic heterocycles. The number of hydrogen-bond donors (Lipinski definition) is 2. The van der Waals surface area contributed by atoms with E-state index in [0.29, 0.717) is 10.6 Å². The fraction of sp³-hybridized carbons (Fsp3) is 0.438. The van der Waals surface area contributed by atoms with Crippen molar-refractivity contribution >= 4 is 29.4 Å². The number of carboxylic acid groups (broad SMARTS) is 1. The minimum atomic E-state index is -1.18. The number of nitrogens with one attached hydrogen (secondary N) is 2. The number of halogens is 1. The van der Waals surface area contributed by atoms with Crippen LogP contribution in [0.4, 0.5) is 0 Å². The number of carboxylic acids is 1. The standard InChI is InChI=1S/C16H17ClN2O4/c17-11-3-1-2-10(7-11)14(20)18-19-15(21)12-8-4-5-9(6-8)13(12)16(22)23/h1-3,7-9,12-13H,4-6H2,(H,18,20)(H,19,21)(H,22,23)/p-1/t8-,9-,12-,13-/m0/s1. The van der Waals surface area contributed by atoms with Crippen LogP contribution < -0.4 is 16.0 Å². The van der Waals surface area contributed by atoms with E-state index in [1.807, 2.05) is 0 Å². The lowest BCUT2D eigenvalue weighted by molar-refractivity contribution is -0.314. The topological polar surface area (TPSA) is 98.3 Å². The van der Waals surface area contributed by atoms with Crippen LogP contribution in [-0.2, 0) is 9.59 Å². The zero-order chi connectivity index (χ0) is 16.6. The summed E-state index contributed by atoms with van der Waals surface area (Å²) in [6.45, 7) is 0. The highest BCUT2D eigenvalue weighted by molar-refractivity contribution is 6.30. The van der Waals surface area contributed by atoms with Gasteiger partial charge in [-0.3, -0.25) is 20.4 Å². The predicted octanol–water partition coefficient (Wildman–Crippen LogP) is 0.513. The quantitative estimate of drug-likeness (QED) is 0.786. The van der Waals surface area contributed by atoms with E-state index < -0.39 is 29.6 Å². The number of aliphatic carboxylic acids is 1. The van der Waals surface area contributed by atoms with Crippen LogP contribution in [0.25, 0.3) is 0 Å². The second-order valence-electron chi connectivity index (χ2n) is 6.16. The number of rotatable bonds is 3. The number of hydrogen-bond acceptors (Lipinski definition) is 4. The van der Waals surface area contributed by atoms with Gasteiger partial charge in [-0.1, -0.05) is 17.7 Å². The fourth-order valence-corrected chi connectivity index (χ4v) is 4.10. The highest BCUT2D eigenvalue weighted by Gasteiger charge is 2.51. The molecule has 2 aliphatic rings. The van der Waals surface area contributed by atoms with Gasteiger partial charge in [0.05, 0.1) is 5.92 Å². The molecule has 23 heavy (non-hydrogen) atoms. The van der Waals surface area contributed by atoms with Crippen molar-refractivity contribution in [3.8, 4) is 0 Å². The SMILES string of the molecule is O=C(NNC(=O)[C@H]1[C@H]2CC[C@@H](C2)[C@@H]1C(=O)[O-])c1cccc(Cl)c1. The molecule has 2 saturated carbocycles. The Labute approximate surface area is 138 Å². The Hall–Kier alpha value is -2.08. The van der Waals surface area contributed by atoms with Gasteiger partial charge < -0.3 is 9.90 Å². The van der Waals surface area contributed by atoms with Gasteiger partial charge in [0.15, 0.2) is 0 Å². The zero-order valence-electron chi connectivity index (χ0n) is 12.3. The molecule has 0 heterocycles. The van der Waals surface area contributed by atoms with Crippen molar-refractivity contribution in [2.45, 2.75) is 19.3 Å². The molecule has 0 radical (unpaired) electrons. The fourth-order valence-electron chi connectivity index (χ4n) is 3.91. The van der Waals surface area contributed by atoms with Crippen LogP contribution in [-0.4, -0.2) is 17.8 Å². The lowest BCUT2D eigenvalue weighted by Crippen LogP contribution is -2.50. The summed E-state index contributed by atoms with van der Waals surface area (Å²) < 4.78 is 0. The first-order chi connectivity index (χ1) is 11.0. The van der Waals surface area contributed by atoms with Gasteiger partial charge >= 0.3 is 0 Å². The number of carbonyl (C=O) groups is 3. The van der Waals surface area contributed by atoms with Crippen molar-refractivity contribution in [3.63, 3.8) is 0 Å². The Kier molecular flexibility index (Phi) is 4.26. The summed E-state index contributed by atoms with van der Waals surface area (Å²) >= 11 is 5.81. The second kappa shape index (κ2) is 6.20. The van der Waals surface area contributed by atoms with Crippen LogP contribution in [0, 0.1) is 23.7 Å². The highest BCUT2D eigenvalue weighted by atomic mass is 35.5. The van der Waals surface area contributed by atoms with Crippen LogP contribution >= 0.6 is 11.6 Å². The monoisotopic (exact) mass is 335 g/mol. The molecule has 7 heteroatoms. The van der Waals surface area contributed by atoms with Crippen molar-refractivity contribution in [2.24, 2.45) is 23.7 Å². The van der Waals surface area contributed by atoms with E-state index in [4.69, 9.17) is 11.6 Å². The molecule has 4 atom stereocenters. The molecule has 6 nitrogen and oxygen atoms in total. The highest BCUT2D eigenvalue weighted by Crippen LogP contribution is 2.52. The molecule has 2 fully saturated rings. The number of fused-ring (bicyclic) bond motifs is 2. The first kappa shape index (κ1) is 15.8. The molecule has 0 saturated heterocycles. The van der Waals surface area contributed by atoms with E-state index in [9.17, 15) is 19.5 Å². The van der Waals surface area contributed by atoms with Crippen LogP contribution in [0.15, 0.2) is 24.3 Å². The molecule has 3 rings (SSSR count). The van der Waals surface area contributed by atoms with Crippen molar-refractivity contribution in [1.29, 1.82) is 0 Å². The number of carbonyl (C=O) groups excluding carboxylic acids is 3. The first-order valence-electron chi connectivity index (χ1n) is 7.54. The van der Waals surface area contributed by atoms with E-state index in [-0.39, 0.29) is 11.8 Å². The molecule has 0 unspecified atom stereocenters. The van der Waals surface area contributed by atoms with Crippen LogP contribution in [0.3, 0.4) is 0 Å². The van der Waals surface area contributed by atoms with Crippen LogP contribution in [0.1, 0.15) is 29.6 Å². The molecule has 0 aliphatic heterocycles. The lowest BCUT2D eigenvalue weighted by Gasteiger charge is -2.30. The average molecular weight is 336 g/mol. The minimum absolute atomic E-state index is 0.00406. The molecule has 2 aliphatic carbocycles. The smallest absolute Gasteiger partial charge is 0.269 e. The Bertz CT molecular complexity index is 663. The Morgan fingerprint density at radius 1 is 1.09 bits per heavy atom. The largest absolute Gasteiger partial charge is 0.550 e. The molecule has 1 aromatic carbocycles. The molecule has 2 N–H and O–H groups in total. The van der Waals surface area contributed by atoms with Gasteiger partial charge in [0.1, 0.15) is 0 Å². The Balaban J connectivity index is 1.63. The average Bonchev–Trinajstić information content (AvgIpc) is 3.13. The summed E-state index contributed by atoms with van der Waals surface area (Å²) in [5.74, 6) is -3.51. The third kappa shape index (κ3) is 3.03. The van der Waals surface area contributed by atoms with Gasteiger partial charge in [0, 0.05) is 22.5 Å². The zero-order valence-corrected chi connectivity index (χ0v) is 13.0. The third-order valence-electron chi connectivity index (χ3n) is 4.88. The summed E-state index contributed by atoms with van der Waals surface area (Å²) in [6.07, 6.45) is 2.40. The molecule has 0 spiro atoms. The van der Waals surface area contributed by atoms with Gasteiger partial charge in [-0.2, -0.15) is 0 Å². The van der Waals surface area contributed by atoms with Gasteiger partial charge in [-0.15, -0.1) is 0 Å². The van der Waals surface area contributed by atoms with Gasteiger partial charge in [-0.25, -0.2) is 0 Å². The Morgan fingerprint density at radius 3 is 2.43 bits per heavy atom. The molecule has 2 amide bonds. The summed E-state index contributed by atoms with van der Waals surface area (Å²) in [5.41, 5.74) is 4.96. The van der Waals surface area contributed by atoms with E-state index in [1.54, 1.807) is 18.2 Å². The number of benzene rings is 1. The lowest BCUT2D eigenvalue weighted by atomic mass is 9.79. The summed E-state index contributed by atoms with van der Waals surface area (Å²) in [4.78, 5) is 35.6. The van der Waals surface area contributed by atoms with E-state index in [1.165, 1.54) is 6.07 Å². The Morgan fingerprint density at radius 2 is 1.78 bits per heavy atom.